The van der Waals surface area contributed by atoms with E-state index in [2.05, 4.69) is 9.97 Å². The van der Waals surface area contributed by atoms with Crippen molar-refractivity contribution >= 4 is 38.5 Å². The van der Waals surface area contributed by atoms with Crippen LogP contribution in [0.1, 0.15) is 12.0 Å². The molecular weight excluding hydrogens is 426 g/mol. The van der Waals surface area contributed by atoms with Crippen molar-refractivity contribution in [1.82, 2.24) is 14.5 Å². The summed E-state index contributed by atoms with van der Waals surface area (Å²) in [4.78, 5) is 34.3. The van der Waals surface area contributed by atoms with Crippen molar-refractivity contribution in [2.75, 3.05) is 17.3 Å². The molecule has 30 heavy (non-hydrogen) atoms. The summed E-state index contributed by atoms with van der Waals surface area (Å²) in [5.41, 5.74) is 1.17. The molecule has 1 atom stereocenters. The van der Waals surface area contributed by atoms with E-state index >= 15 is 0 Å². The third-order valence-electron chi connectivity index (χ3n) is 4.68. The molecule has 156 valence electrons. The fourth-order valence-electron chi connectivity index (χ4n) is 3.25. The highest BCUT2D eigenvalue weighted by atomic mass is 32.2. The summed E-state index contributed by atoms with van der Waals surface area (Å²) in [6, 6.07) is 10.6. The normalized spacial score (nSPS) is 17.8. The number of carbonyl (C=O) groups excluding carboxylic acids is 1. The monoisotopic (exact) mass is 445 g/mol. The predicted molar refractivity (Wildman–Crippen MR) is 114 cm³/mol. The van der Waals surface area contributed by atoms with Crippen molar-refractivity contribution in [2.45, 2.75) is 24.6 Å². The molecule has 1 aliphatic heterocycles. The van der Waals surface area contributed by atoms with Crippen molar-refractivity contribution in [3.63, 3.8) is 0 Å². The van der Waals surface area contributed by atoms with Crippen LogP contribution in [0.2, 0.25) is 0 Å². The molecule has 0 bridgehead atoms. The molecule has 1 fully saturated rings. The summed E-state index contributed by atoms with van der Waals surface area (Å²) in [6.07, 6.45) is 1.30. The van der Waals surface area contributed by atoms with E-state index in [1.807, 2.05) is 13.0 Å². The second-order valence-corrected chi connectivity index (χ2v) is 10.2. The summed E-state index contributed by atoms with van der Waals surface area (Å²) in [5, 5.41) is 0.761. The molecule has 0 amide bonds. The highest BCUT2D eigenvalue weighted by molar-refractivity contribution is 7.99. The Morgan fingerprint density at radius 2 is 2.10 bits per heavy atom. The zero-order valence-corrected chi connectivity index (χ0v) is 17.8. The number of para-hydroxylation sites is 1. The first kappa shape index (κ1) is 20.5. The number of nitrogens with zero attached hydrogens (tertiary/aromatic N) is 3. The summed E-state index contributed by atoms with van der Waals surface area (Å²) in [6.45, 7) is 1.89. The minimum Gasteiger partial charge on any atom is -0.461 e. The Hall–Kier alpha value is -2.72. The Morgan fingerprint density at radius 1 is 1.30 bits per heavy atom. The van der Waals surface area contributed by atoms with Gasteiger partial charge >= 0.3 is 5.97 Å². The van der Waals surface area contributed by atoms with Crippen molar-refractivity contribution in [1.29, 1.82) is 0 Å². The van der Waals surface area contributed by atoms with Crippen LogP contribution in [0.25, 0.3) is 16.7 Å². The van der Waals surface area contributed by atoms with Gasteiger partial charge in [-0.1, -0.05) is 23.9 Å². The average molecular weight is 446 g/mol. The van der Waals surface area contributed by atoms with Crippen LogP contribution < -0.4 is 5.56 Å². The molecule has 3 heterocycles. The minimum absolute atomic E-state index is 0.0306. The fraction of sp³-hybridized carbons (Fsp3) is 0.300. The number of aromatic nitrogens is 3. The second-order valence-electron chi connectivity index (χ2n) is 7.05. The first-order valence-corrected chi connectivity index (χ1v) is 12.1. The number of ether oxygens (including phenoxy) is 1. The number of thioether (sulfide) groups is 1. The number of esters is 1. The standard InChI is InChI=1S/C20H19N3O5S2/c1-13-6-8-21-17(10-13)23-19(25)15-4-2-3-5-16(15)22-20(23)29-11-18(24)28-14-7-9-30(26,27)12-14/h2-6,8,10,14H,7,9,11-12H2,1H3/t14-/m0/s1. The summed E-state index contributed by atoms with van der Waals surface area (Å²) < 4.78 is 29.7. The van der Waals surface area contributed by atoms with Crippen LogP contribution in [0.3, 0.4) is 0 Å². The van der Waals surface area contributed by atoms with Crippen molar-refractivity contribution < 1.29 is 17.9 Å². The summed E-state index contributed by atoms with van der Waals surface area (Å²) >= 11 is 1.06. The topological polar surface area (TPSA) is 108 Å². The van der Waals surface area contributed by atoms with E-state index < -0.39 is 21.9 Å². The largest absolute Gasteiger partial charge is 0.461 e. The second kappa shape index (κ2) is 8.19. The summed E-state index contributed by atoms with van der Waals surface area (Å²) in [7, 11) is -3.14. The molecule has 0 saturated carbocycles. The van der Waals surface area contributed by atoms with Gasteiger partial charge in [0.25, 0.3) is 5.56 Å². The number of fused-ring (bicyclic) bond motifs is 1. The fourth-order valence-corrected chi connectivity index (χ4v) is 5.62. The lowest BCUT2D eigenvalue weighted by molar-refractivity contribution is -0.144. The molecule has 0 N–H and O–H groups in total. The first-order chi connectivity index (χ1) is 14.3. The van der Waals surface area contributed by atoms with E-state index in [9.17, 15) is 18.0 Å². The van der Waals surface area contributed by atoms with E-state index in [1.165, 1.54) is 4.57 Å². The van der Waals surface area contributed by atoms with E-state index in [-0.39, 0.29) is 22.8 Å². The third-order valence-corrected chi connectivity index (χ3v) is 7.33. The number of hydrogen-bond acceptors (Lipinski definition) is 8. The molecule has 0 aliphatic carbocycles. The molecule has 0 spiro atoms. The van der Waals surface area contributed by atoms with Crippen LogP contribution in [0.15, 0.2) is 52.5 Å². The van der Waals surface area contributed by atoms with Gasteiger partial charge in [-0.3, -0.25) is 9.59 Å². The highest BCUT2D eigenvalue weighted by Crippen LogP contribution is 2.22. The van der Waals surface area contributed by atoms with Gasteiger partial charge in [-0.15, -0.1) is 0 Å². The van der Waals surface area contributed by atoms with Gasteiger partial charge in [-0.2, -0.15) is 0 Å². The van der Waals surface area contributed by atoms with Crippen LogP contribution in [-0.2, 0) is 19.4 Å². The molecule has 3 aromatic rings. The lowest BCUT2D eigenvalue weighted by Crippen LogP contribution is -2.24. The zero-order valence-electron chi connectivity index (χ0n) is 16.1. The predicted octanol–water partition coefficient (Wildman–Crippen LogP) is 1.91. The maximum atomic E-state index is 13.1. The Morgan fingerprint density at radius 3 is 2.83 bits per heavy atom. The Balaban J connectivity index is 1.63. The van der Waals surface area contributed by atoms with Gasteiger partial charge in [-0.25, -0.2) is 23.0 Å². The number of carbonyl (C=O) groups is 1. The zero-order chi connectivity index (χ0) is 21.3. The first-order valence-electron chi connectivity index (χ1n) is 9.30. The molecule has 10 heteroatoms. The van der Waals surface area contributed by atoms with Gasteiger partial charge in [0.1, 0.15) is 11.9 Å². The molecule has 0 unspecified atom stereocenters. The molecule has 1 aromatic carbocycles. The van der Waals surface area contributed by atoms with Gasteiger partial charge in [0, 0.05) is 6.20 Å². The quantitative estimate of drug-likeness (QED) is 0.333. The molecule has 0 radical (unpaired) electrons. The van der Waals surface area contributed by atoms with Gasteiger partial charge in [-0.05, 0) is 43.2 Å². The SMILES string of the molecule is Cc1ccnc(-n2c(SCC(=O)O[C@H]3CCS(=O)(=O)C3)nc3ccccc3c2=O)c1. The van der Waals surface area contributed by atoms with Gasteiger partial charge in [0.05, 0.1) is 28.2 Å². The smallest absolute Gasteiger partial charge is 0.316 e. The number of pyridine rings is 1. The maximum absolute atomic E-state index is 13.1. The van der Waals surface area contributed by atoms with Crippen LogP contribution in [-0.4, -0.2) is 52.3 Å². The molecule has 8 nitrogen and oxygen atoms in total. The van der Waals surface area contributed by atoms with Gasteiger partial charge in [0.15, 0.2) is 15.0 Å². The number of benzene rings is 1. The van der Waals surface area contributed by atoms with Crippen molar-refractivity contribution in [3.05, 3.63) is 58.5 Å². The van der Waals surface area contributed by atoms with E-state index in [1.54, 1.807) is 36.5 Å². The minimum atomic E-state index is -3.14. The van der Waals surface area contributed by atoms with Gasteiger partial charge in [0.2, 0.25) is 0 Å². The lowest BCUT2D eigenvalue weighted by Gasteiger charge is -2.13. The van der Waals surface area contributed by atoms with Crippen LogP contribution in [0.4, 0.5) is 0 Å². The van der Waals surface area contributed by atoms with Crippen LogP contribution in [0.5, 0.6) is 0 Å². The van der Waals surface area contributed by atoms with Crippen LogP contribution in [0, 0.1) is 6.92 Å². The highest BCUT2D eigenvalue weighted by Gasteiger charge is 2.30. The molecule has 1 aliphatic rings. The Kier molecular flexibility index (Phi) is 5.61. The molecule has 1 saturated heterocycles. The van der Waals surface area contributed by atoms with Crippen molar-refractivity contribution in [2.24, 2.45) is 0 Å². The van der Waals surface area contributed by atoms with E-state index in [4.69, 9.17) is 4.74 Å². The van der Waals surface area contributed by atoms with E-state index in [0.29, 0.717) is 28.3 Å². The number of hydrogen-bond donors (Lipinski definition) is 0. The van der Waals surface area contributed by atoms with Gasteiger partial charge < -0.3 is 4.74 Å². The maximum Gasteiger partial charge on any atom is 0.316 e. The Bertz CT molecular complexity index is 1290. The average Bonchev–Trinajstić information content (AvgIpc) is 3.04. The lowest BCUT2D eigenvalue weighted by atomic mass is 10.2. The Labute approximate surface area is 177 Å². The third kappa shape index (κ3) is 4.39. The molecule has 2 aromatic heterocycles. The van der Waals surface area contributed by atoms with Crippen molar-refractivity contribution in [3.8, 4) is 5.82 Å². The van der Waals surface area contributed by atoms with E-state index in [0.717, 1.165) is 17.3 Å². The number of rotatable bonds is 5. The number of sulfone groups is 1. The van der Waals surface area contributed by atoms with Crippen LogP contribution >= 0.6 is 11.8 Å². The molecule has 4 rings (SSSR count). The summed E-state index contributed by atoms with van der Waals surface area (Å²) in [5.74, 6) is -0.352. The number of aryl methyl sites for hydroxylation is 1. The molecular formula is C20H19N3O5S2.